The molecule has 6 rings (SSSR count). The molecule has 4 bridgehead atoms. The van der Waals surface area contributed by atoms with Crippen molar-refractivity contribution in [2.24, 2.45) is 17.8 Å². The molecule has 2 heterocycles. The third-order valence-electron chi connectivity index (χ3n) is 6.52. The summed E-state index contributed by atoms with van der Waals surface area (Å²) in [6.07, 6.45) is 6.22. The van der Waals surface area contributed by atoms with E-state index in [0.717, 1.165) is 24.2 Å². The monoisotopic (exact) mass is 343 g/mol. The van der Waals surface area contributed by atoms with Crippen molar-refractivity contribution in [3.05, 3.63) is 17.5 Å². The highest BCUT2D eigenvalue weighted by Crippen LogP contribution is 2.58. The Kier molecular flexibility index (Phi) is 2.98. The lowest BCUT2D eigenvalue weighted by atomic mass is 9.52. The smallest absolute Gasteiger partial charge is 0.335 e. The zero-order valence-electron chi connectivity index (χ0n) is 14.2. The number of urea groups is 1. The average Bonchev–Trinajstić information content (AvgIpc) is 3.03. The fraction of sp³-hybridized carbons (Fsp3) is 0.667. The van der Waals surface area contributed by atoms with E-state index >= 15 is 0 Å². The normalized spacial score (nSPS) is 36.8. The summed E-state index contributed by atoms with van der Waals surface area (Å²) < 4.78 is 5.12. The molecular weight excluding hydrogens is 322 g/mol. The van der Waals surface area contributed by atoms with Crippen LogP contribution < -0.4 is 0 Å². The number of hydrogen-bond donors (Lipinski definition) is 0. The van der Waals surface area contributed by atoms with Crippen LogP contribution in [0.5, 0.6) is 0 Å². The first-order valence-corrected chi connectivity index (χ1v) is 9.07. The minimum absolute atomic E-state index is 0.0346. The van der Waals surface area contributed by atoms with Crippen molar-refractivity contribution in [1.82, 2.24) is 15.0 Å². The van der Waals surface area contributed by atoms with Crippen LogP contribution in [-0.2, 0) is 16.1 Å². The van der Waals surface area contributed by atoms with Crippen LogP contribution in [0.4, 0.5) is 4.79 Å². The number of imide groups is 2. The summed E-state index contributed by atoms with van der Waals surface area (Å²) in [5.41, 5.74) is 0.239. The standard InChI is InChI=1S/C18H21N3O4/c1-10-2-14(25-19-10)9-20-15(22)16(23)21(17(20)24)18-6-11-3-12(7-18)5-13(4-11)8-18/h2,11-13H,3-9H2,1H3. The van der Waals surface area contributed by atoms with E-state index in [-0.39, 0.29) is 6.54 Å². The van der Waals surface area contributed by atoms with Crippen LogP contribution in [0.3, 0.4) is 0 Å². The predicted molar refractivity (Wildman–Crippen MR) is 84.9 cm³/mol. The van der Waals surface area contributed by atoms with E-state index in [1.165, 1.54) is 24.2 Å². The number of aryl methyl sites for hydroxylation is 1. The number of hydrogen-bond acceptors (Lipinski definition) is 5. The molecule has 1 aromatic heterocycles. The number of rotatable bonds is 3. The quantitative estimate of drug-likeness (QED) is 0.621. The van der Waals surface area contributed by atoms with E-state index in [0.29, 0.717) is 29.2 Å². The number of amides is 4. The van der Waals surface area contributed by atoms with Crippen LogP contribution in [0.1, 0.15) is 50.0 Å². The zero-order chi connectivity index (χ0) is 17.3. The molecule has 1 saturated heterocycles. The molecule has 7 heteroatoms. The summed E-state index contributed by atoms with van der Waals surface area (Å²) >= 11 is 0. The maximum Gasteiger partial charge on any atom is 0.335 e. The molecule has 1 aliphatic heterocycles. The molecule has 25 heavy (non-hydrogen) atoms. The molecule has 4 aliphatic carbocycles. The van der Waals surface area contributed by atoms with Crippen LogP contribution in [0.25, 0.3) is 0 Å². The second-order valence-electron chi connectivity index (χ2n) is 8.39. The van der Waals surface area contributed by atoms with E-state index in [4.69, 9.17) is 4.52 Å². The zero-order valence-corrected chi connectivity index (χ0v) is 14.2. The van der Waals surface area contributed by atoms with Gasteiger partial charge in [-0.1, -0.05) is 5.16 Å². The number of carbonyl (C=O) groups excluding carboxylic acids is 3. The Hall–Kier alpha value is -2.18. The SMILES string of the molecule is Cc1cc(CN2C(=O)C(=O)N(C34CC5CC(CC(C5)C3)C4)C2=O)on1. The Morgan fingerprint density at radius 2 is 1.68 bits per heavy atom. The minimum atomic E-state index is -0.741. The predicted octanol–water partition coefficient (Wildman–Crippen LogP) is 2.24. The van der Waals surface area contributed by atoms with Gasteiger partial charge < -0.3 is 4.52 Å². The van der Waals surface area contributed by atoms with Gasteiger partial charge in [0.05, 0.1) is 17.8 Å². The number of carbonyl (C=O) groups is 3. The molecule has 132 valence electrons. The fourth-order valence-electron chi connectivity index (χ4n) is 6.05. The lowest BCUT2D eigenvalue weighted by Gasteiger charge is -2.58. The van der Waals surface area contributed by atoms with Gasteiger partial charge in [-0.3, -0.25) is 9.59 Å². The molecule has 4 amide bonds. The highest BCUT2D eigenvalue weighted by Gasteiger charge is 2.61. The van der Waals surface area contributed by atoms with Crippen LogP contribution in [0.15, 0.2) is 10.6 Å². The van der Waals surface area contributed by atoms with Gasteiger partial charge in [0.1, 0.15) is 0 Å². The maximum absolute atomic E-state index is 13.0. The molecule has 1 aromatic rings. The second kappa shape index (κ2) is 4.93. The summed E-state index contributed by atoms with van der Waals surface area (Å²) in [4.78, 5) is 40.5. The maximum atomic E-state index is 13.0. The van der Waals surface area contributed by atoms with Crippen molar-refractivity contribution in [1.29, 1.82) is 0 Å². The van der Waals surface area contributed by atoms with E-state index < -0.39 is 23.4 Å². The topological polar surface area (TPSA) is 83.7 Å². The van der Waals surface area contributed by atoms with Crippen LogP contribution in [-0.4, -0.2) is 38.3 Å². The van der Waals surface area contributed by atoms with Crippen molar-refractivity contribution in [3.8, 4) is 0 Å². The Balaban J connectivity index is 1.45. The molecule has 7 nitrogen and oxygen atoms in total. The first-order chi connectivity index (χ1) is 11.9. The van der Waals surface area contributed by atoms with Crippen molar-refractivity contribution in [2.45, 2.75) is 57.5 Å². The van der Waals surface area contributed by atoms with Crippen LogP contribution >= 0.6 is 0 Å². The van der Waals surface area contributed by atoms with Gasteiger partial charge >= 0.3 is 17.8 Å². The molecule has 0 unspecified atom stereocenters. The van der Waals surface area contributed by atoms with Crippen molar-refractivity contribution >= 4 is 17.8 Å². The van der Waals surface area contributed by atoms with E-state index in [9.17, 15) is 14.4 Å². The Morgan fingerprint density at radius 1 is 1.08 bits per heavy atom. The fourth-order valence-corrected chi connectivity index (χ4v) is 6.05. The van der Waals surface area contributed by atoms with Gasteiger partial charge in [-0.25, -0.2) is 14.6 Å². The van der Waals surface area contributed by atoms with Crippen LogP contribution in [0.2, 0.25) is 0 Å². The average molecular weight is 343 g/mol. The van der Waals surface area contributed by atoms with Gasteiger partial charge in [-0.2, -0.15) is 0 Å². The lowest BCUT2D eigenvalue weighted by molar-refractivity contribution is -0.150. The molecule has 5 fully saturated rings. The van der Waals surface area contributed by atoms with Gasteiger partial charge in [-0.05, 0) is 63.2 Å². The van der Waals surface area contributed by atoms with E-state index in [2.05, 4.69) is 5.16 Å². The summed E-state index contributed by atoms with van der Waals surface area (Å²) in [5, 5.41) is 3.78. The molecule has 0 atom stereocenters. The molecule has 0 spiro atoms. The second-order valence-corrected chi connectivity index (χ2v) is 8.39. The lowest BCUT2D eigenvalue weighted by Crippen LogP contribution is -2.61. The van der Waals surface area contributed by atoms with Crippen molar-refractivity contribution in [3.63, 3.8) is 0 Å². The summed E-state index contributed by atoms with van der Waals surface area (Å²) in [5.74, 6) is 0.783. The van der Waals surface area contributed by atoms with Gasteiger partial charge in [0.2, 0.25) is 0 Å². The highest BCUT2D eigenvalue weighted by atomic mass is 16.5. The highest BCUT2D eigenvalue weighted by molar-refractivity contribution is 6.44. The Labute approximate surface area is 145 Å². The van der Waals surface area contributed by atoms with Crippen molar-refractivity contribution < 1.29 is 18.9 Å². The molecule has 0 aromatic carbocycles. The third kappa shape index (κ3) is 2.10. The Bertz CT molecular complexity index is 748. The van der Waals surface area contributed by atoms with E-state index in [1.807, 2.05) is 0 Å². The Morgan fingerprint density at radius 3 is 2.20 bits per heavy atom. The van der Waals surface area contributed by atoms with Gasteiger partial charge in [-0.15, -0.1) is 0 Å². The van der Waals surface area contributed by atoms with Gasteiger partial charge in [0.15, 0.2) is 5.76 Å². The third-order valence-corrected chi connectivity index (χ3v) is 6.52. The first-order valence-electron chi connectivity index (χ1n) is 9.07. The summed E-state index contributed by atoms with van der Waals surface area (Å²) in [7, 11) is 0. The summed E-state index contributed by atoms with van der Waals surface area (Å²) in [6, 6.07) is 1.20. The molecule has 5 aliphatic rings. The first kappa shape index (κ1) is 15.1. The van der Waals surface area contributed by atoms with Gasteiger partial charge in [0.25, 0.3) is 0 Å². The molecule has 0 N–H and O–H groups in total. The van der Waals surface area contributed by atoms with E-state index in [1.54, 1.807) is 13.0 Å². The largest absolute Gasteiger partial charge is 0.359 e. The summed E-state index contributed by atoms with van der Waals surface area (Å²) in [6.45, 7) is 1.74. The molecule has 0 radical (unpaired) electrons. The number of nitrogens with zero attached hydrogens (tertiary/aromatic N) is 3. The van der Waals surface area contributed by atoms with Crippen molar-refractivity contribution in [2.75, 3.05) is 0 Å². The molecular formula is C18H21N3O4. The van der Waals surface area contributed by atoms with Crippen LogP contribution in [0, 0.1) is 24.7 Å². The van der Waals surface area contributed by atoms with Gasteiger partial charge in [0, 0.05) is 6.07 Å². The number of aromatic nitrogens is 1. The molecule has 4 saturated carbocycles. The minimum Gasteiger partial charge on any atom is -0.359 e.